The first-order valence-electron chi connectivity index (χ1n) is 4.22. The van der Waals surface area contributed by atoms with Gasteiger partial charge in [0, 0.05) is 6.54 Å². The van der Waals surface area contributed by atoms with Gasteiger partial charge in [0.25, 0.3) is 5.19 Å². The van der Waals surface area contributed by atoms with Gasteiger partial charge >= 0.3 is 0 Å². The third kappa shape index (κ3) is 2.44. The molecule has 0 aliphatic heterocycles. The average Bonchev–Trinajstić information content (AvgIpc) is 2.74. The first kappa shape index (κ1) is 10.4. The lowest BCUT2D eigenvalue weighted by molar-refractivity contribution is 0.473. The van der Waals surface area contributed by atoms with Gasteiger partial charge in [0.1, 0.15) is 11.3 Å². The molecule has 0 saturated heterocycles. The maximum absolute atomic E-state index is 6.00. The molecule has 0 spiro atoms. The standard InChI is InChI=1S/C9H8ClN3OS/c10-7-3-6(4-11)1-2-8(7)14-9-13-12-5-15-9/h1-3,5H,4,11H2. The van der Waals surface area contributed by atoms with Gasteiger partial charge in [-0.05, 0) is 17.7 Å². The second kappa shape index (κ2) is 4.57. The van der Waals surface area contributed by atoms with E-state index >= 15 is 0 Å². The summed E-state index contributed by atoms with van der Waals surface area (Å²) in [4.78, 5) is 0. The van der Waals surface area contributed by atoms with E-state index in [1.165, 1.54) is 11.3 Å². The summed E-state index contributed by atoms with van der Waals surface area (Å²) in [6, 6.07) is 5.41. The van der Waals surface area contributed by atoms with E-state index in [0.717, 1.165) is 5.56 Å². The Hall–Kier alpha value is -1.17. The lowest BCUT2D eigenvalue weighted by Crippen LogP contribution is -1.96. The van der Waals surface area contributed by atoms with Crippen molar-refractivity contribution in [1.82, 2.24) is 10.2 Å². The monoisotopic (exact) mass is 241 g/mol. The molecule has 2 aromatic rings. The highest BCUT2D eigenvalue weighted by molar-refractivity contribution is 7.11. The predicted octanol–water partition coefficient (Wildman–Crippen LogP) is 2.44. The smallest absolute Gasteiger partial charge is 0.299 e. The summed E-state index contributed by atoms with van der Waals surface area (Å²) in [7, 11) is 0. The van der Waals surface area contributed by atoms with Gasteiger partial charge < -0.3 is 10.5 Å². The summed E-state index contributed by atoms with van der Waals surface area (Å²) >= 11 is 7.31. The molecule has 0 bridgehead atoms. The first-order chi connectivity index (χ1) is 7.29. The third-order valence-electron chi connectivity index (χ3n) is 1.77. The zero-order valence-corrected chi connectivity index (χ0v) is 9.26. The van der Waals surface area contributed by atoms with Crippen LogP contribution in [0, 0.1) is 0 Å². The Balaban J connectivity index is 2.22. The molecule has 4 nitrogen and oxygen atoms in total. The second-order valence-corrected chi connectivity index (χ2v) is 3.98. The average molecular weight is 242 g/mol. The quantitative estimate of drug-likeness (QED) is 0.897. The normalized spacial score (nSPS) is 10.3. The van der Waals surface area contributed by atoms with E-state index in [0.29, 0.717) is 22.5 Å². The van der Waals surface area contributed by atoms with Crippen molar-refractivity contribution in [2.75, 3.05) is 0 Å². The van der Waals surface area contributed by atoms with E-state index in [4.69, 9.17) is 22.1 Å². The van der Waals surface area contributed by atoms with Crippen molar-refractivity contribution in [3.63, 3.8) is 0 Å². The Kier molecular flexibility index (Phi) is 3.15. The molecule has 78 valence electrons. The second-order valence-electron chi connectivity index (χ2n) is 2.78. The van der Waals surface area contributed by atoms with E-state index in [1.54, 1.807) is 17.6 Å². The lowest BCUT2D eigenvalue weighted by atomic mass is 10.2. The Bertz CT molecular complexity index is 447. The molecule has 0 saturated carbocycles. The van der Waals surface area contributed by atoms with Crippen molar-refractivity contribution in [3.05, 3.63) is 34.3 Å². The number of aromatic nitrogens is 2. The fraction of sp³-hybridized carbons (Fsp3) is 0.111. The number of nitrogens with zero attached hydrogens (tertiary/aromatic N) is 2. The van der Waals surface area contributed by atoms with E-state index in [1.807, 2.05) is 6.07 Å². The van der Waals surface area contributed by atoms with Gasteiger partial charge in [-0.25, -0.2) is 0 Å². The molecule has 0 atom stereocenters. The summed E-state index contributed by atoms with van der Waals surface area (Å²) in [5, 5.41) is 8.41. The van der Waals surface area contributed by atoms with Gasteiger partial charge in [-0.15, -0.1) is 5.10 Å². The van der Waals surface area contributed by atoms with Crippen LogP contribution in [0.5, 0.6) is 10.9 Å². The van der Waals surface area contributed by atoms with Gasteiger partial charge in [-0.3, -0.25) is 0 Å². The van der Waals surface area contributed by atoms with Gasteiger partial charge in [0.05, 0.1) is 5.02 Å². The van der Waals surface area contributed by atoms with Crippen molar-refractivity contribution >= 4 is 22.9 Å². The Labute approximate surface area is 95.7 Å². The van der Waals surface area contributed by atoms with Crippen LogP contribution >= 0.6 is 22.9 Å². The zero-order chi connectivity index (χ0) is 10.7. The molecule has 6 heteroatoms. The van der Waals surface area contributed by atoms with Crippen LogP contribution in [-0.4, -0.2) is 10.2 Å². The number of hydrogen-bond acceptors (Lipinski definition) is 5. The molecule has 1 heterocycles. The van der Waals surface area contributed by atoms with E-state index in [9.17, 15) is 0 Å². The molecule has 1 aromatic heterocycles. The number of halogens is 1. The third-order valence-corrected chi connectivity index (χ3v) is 2.63. The number of benzene rings is 1. The summed E-state index contributed by atoms with van der Waals surface area (Å²) in [5.74, 6) is 0.561. The number of nitrogens with two attached hydrogens (primary N) is 1. The Morgan fingerprint density at radius 1 is 1.47 bits per heavy atom. The first-order valence-corrected chi connectivity index (χ1v) is 5.48. The molecule has 0 unspecified atom stereocenters. The van der Waals surface area contributed by atoms with Crippen molar-refractivity contribution in [3.8, 4) is 10.9 Å². The number of rotatable bonds is 3. The minimum absolute atomic E-state index is 0.457. The van der Waals surface area contributed by atoms with E-state index in [2.05, 4.69) is 10.2 Å². The summed E-state index contributed by atoms with van der Waals surface area (Å²) < 4.78 is 5.42. The molecule has 0 amide bonds. The van der Waals surface area contributed by atoms with Crippen LogP contribution in [-0.2, 0) is 6.54 Å². The summed E-state index contributed by atoms with van der Waals surface area (Å²) in [6.07, 6.45) is 0. The molecule has 0 aliphatic carbocycles. The predicted molar refractivity (Wildman–Crippen MR) is 59.3 cm³/mol. The van der Waals surface area contributed by atoms with Gasteiger partial charge in [0.15, 0.2) is 0 Å². The molecule has 0 aliphatic rings. The van der Waals surface area contributed by atoms with Crippen LogP contribution < -0.4 is 10.5 Å². The molecule has 15 heavy (non-hydrogen) atoms. The molecule has 0 fully saturated rings. The maximum Gasteiger partial charge on any atom is 0.299 e. The van der Waals surface area contributed by atoms with Crippen LogP contribution in [0.2, 0.25) is 5.02 Å². The van der Waals surface area contributed by atoms with Crippen LogP contribution in [0.15, 0.2) is 23.7 Å². The van der Waals surface area contributed by atoms with Gasteiger partial charge in [-0.2, -0.15) is 0 Å². The van der Waals surface area contributed by atoms with Crippen LogP contribution in [0.4, 0.5) is 0 Å². The largest absolute Gasteiger partial charge is 0.428 e. The number of hydrogen-bond donors (Lipinski definition) is 1. The van der Waals surface area contributed by atoms with Crippen LogP contribution in [0.1, 0.15) is 5.56 Å². The minimum atomic E-state index is 0.457. The van der Waals surface area contributed by atoms with Gasteiger partial charge in [0.2, 0.25) is 0 Å². The van der Waals surface area contributed by atoms with Gasteiger partial charge in [-0.1, -0.05) is 34.1 Å². The van der Waals surface area contributed by atoms with Crippen LogP contribution in [0.3, 0.4) is 0 Å². The number of ether oxygens (including phenoxy) is 1. The van der Waals surface area contributed by atoms with Crippen LogP contribution in [0.25, 0.3) is 0 Å². The summed E-state index contributed by atoms with van der Waals surface area (Å²) in [6.45, 7) is 0.457. The molecule has 2 rings (SSSR count). The summed E-state index contributed by atoms with van der Waals surface area (Å²) in [5.41, 5.74) is 8.04. The molecule has 0 radical (unpaired) electrons. The maximum atomic E-state index is 6.00. The fourth-order valence-corrected chi connectivity index (χ4v) is 1.71. The SMILES string of the molecule is NCc1ccc(Oc2nncs2)c(Cl)c1. The molecular weight excluding hydrogens is 234 g/mol. The Morgan fingerprint density at radius 2 is 2.33 bits per heavy atom. The lowest BCUT2D eigenvalue weighted by Gasteiger charge is -2.04. The molecular formula is C9H8ClN3OS. The highest BCUT2D eigenvalue weighted by Gasteiger charge is 2.05. The molecule has 2 N–H and O–H groups in total. The zero-order valence-electron chi connectivity index (χ0n) is 7.68. The van der Waals surface area contributed by atoms with Crippen molar-refractivity contribution < 1.29 is 4.74 Å². The molecule has 1 aromatic carbocycles. The highest BCUT2D eigenvalue weighted by Crippen LogP contribution is 2.30. The van der Waals surface area contributed by atoms with Crippen molar-refractivity contribution in [2.45, 2.75) is 6.54 Å². The van der Waals surface area contributed by atoms with E-state index in [-0.39, 0.29) is 0 Å². The topological polar surface area (TPSA) is 61.0 Å². The van der Waals surface area contributed by atoms with Crippen molar-refractivity contribution in [2.24, 2.45) is 5.73 Å². The fourth-order valence-electron chi connectivity index (χ4n) is 1.06. The van der Waals surface area contributed by atoms with Crippen molar-refractivity contribution in [1.29, 1.82) is 0 Å². The Morgan fingerprint density at radius 3 is 2.93 bits per heavy atom. The minimum Gasteiger partial charge on any atom is -0.428 e. The highest BCUT2D eigenvalue weighted by atomic mass is 35.5. The van der Waals surface area contributed by atoms with E-state index < -0.39 is 0 Å².